The van der Waals surface area contributed by atoms with Gasteiger partial charge in [-0.2, -0.15) is 8.42 Å². The maximum Gasteiger partial charge on any atom is 0.284 e. The predicted octanol–water partition coefficient (Wildman–Crippen LogP) is 2.80. The summed E-state index contributed by atoms with van der Waals surface area (Å²) in [6.07, 6.45) is 1.92. The number of benzene rings is 2. The average Bonchev–Trinajstić information content (AvgIpc) is 2.99. The minimum atomic E-state index is -4.01. The first-order valence-corrected chi connectivity index (χ1v) is 11.2. The fourth-order valence-corrected chi connectivity index (χ4v) is 4.90. The number of sulfonamides is 1. The van der Waals surface area contributed by atoms with E-state index in [1.54, 1.807) is 18.2 Å². The number of ether oxygens (including phenoxy) is 1. The number of phenolic OH excluding ortho intramolecular Hbond substituents is 2. The maximum atomic E-state index is 12.9. The molecular formula is C20H20N2O6S2. The number of methoxy groups -OCH3 is 1. The molecule has 0 atom stereocenters. The van der Waals surface area contributed by atoms with Gasteiger partial charge in [0.1, 0.15) is 11.5 Å². The Balaban J connectivity index is 1.98. The molecule has 0 aliphatic carbocycles. The standard InChI is InChI=1S/C20H20N2O6S2/c1-28-11-5-10-22-19(25)18(12-14-8-9-15(23)13-17(14)24)29-20(22)21-30(26,27)16-6-3-2-4-7-16/h2-4,6-9,12-13,23-24H,5,10-11H2,1H3/b18-12+,21-20-. The zero-order chi connectivity index (χ0) is 21.7. The normalized spacial score (nSPS) is 17.2. The summed E-state index contributed by atoms with van der Waals surface area (Å²) in [7, 11) is -2.47. The maximum absolute atomic E-state index is 12.9. The molecule has 0 aromatic heterocycles. The van der Waals surface area contributed by atoms with Crippen LogP contribution in [0.1, 0.15) is 12.0 Å². The Kier molecular flexibility index (Phi) is 6.80. The molecule has 1 aliphatic rings. The van der Waals surface area contributed by atoms with Gasteiger partial charge in [-0.25, -0.2) is 0 Å². The molecule has 158 valence electrons. The molecule has 1 heterocycles. The van der Waals surface area contributed by atoms with Crippen molar-refractivity contribution in [3.05, 3.63) is 59.0 Å². The Morgan fingerprint density at radius 2 is 1.90 bits per heavy atom. The third kappa shape index (κ3) is 5.02. The Bertz CT molecular complexity index is 1100. The highest BCUT2D eigenvalue weighted by molar-refractivity contribution is 8.19. The van der Waals surface area contributed by atoms with Crippen molar-refractivity contribution in [2.24, 2.45) is 4.40 Å². The molecule has 8 nitrogen and oxygen atoms in total. The molecule has 30 heavy (non-hydrogen) atoms. The lowest BCUT2D eigenvalue weighted by Crippen LogP contribution is -2.31. The Labute approximate surface area is 178 Å². The van der Waals surface area contributed by atoms with Crippen LogP contribution < -0.4 is 0 Å². The van der Waals surface area contributed by atoms with E-state index in [-0.39, 0.29) is 33.0 Å². The molecule has 1 amide bonds. The van der Waals surface area contributed by atoms with Crippen molar-refractivity contribution in [1.29, 1.82) is 0 Å². The average molecular weight is 449 g/mol. The van der Waals surface area contributed by atoms with Crippen LogP contribution in [-0.2, 0) is 19.6 Å². The van der Waals surface area contributed by atoms with Gasteiger partial charge in [-0.05, 0) is 48.5 Å². The fraction of sp³-hybridized carbons (Fsp3) is 0.200. The van der Waals surface area contributed by atoms with Crippen LogP contribution in [0.2, 0.25) is 0 Å². The molecule has 3 rings (SSSR count). The number of carbonyl (C=O) groups excluding carboxylic acids is 1. The number of hydrogen-bond donors (Lipinski definition) is 2. The summed E-state index contributed by atoms with van der Waals surface area (Å²) >= 11 is 0.908. The molecule has 0 spiro atoms. The van der Waals surface area contributed by atoms with Gasteiger partial charge in [0, 0.05) is 31.9 Å². The lowest BCUT2D eigenvalue weighted by molar-refractivity contribution is -0.122. The van der Waals surface area contributed by atoms with Gasteiger partial charge in [-0.15, -0.1) is 4.40 Å². The molecule has 0 saturated carbocycles. The number of phenols is 2. The Morgan fingerprint density at radius 3 is 2.57 bits per heavy atom. The minimum absolute atomic E-state index is 0.0241. The first kappa shape index (κ1) is 21.9. The summed E-state index contributed by atoms with van der Waals surface area (Å²) in [4.78, 5) is 14.4. The van der Waals surface area contributed by atoms with Crippen molar-refractivity contribution in [3.63, 3.8) is 0 Å². The van der Waals surface area contributed by atoms with E-state index in [0.29, 0.717) is 18.6 Å². The summed E-state index contributed by atoms with van der Waals surface area (Å²) in [5.41, 5.74) is 0.313. The zero-order valence-corrected chi connectivity index (χ0v) is 17.7. The highest BCUT2D eigenvalue weighted by atomic mass is 32.2. The van der Waals surface area contributed by atoms with Gasteiger partial charge in [0.2, 0.25) is 0 Å². The number of amidine groups is 1. The van der Waals surface area contributed by atoms with E-state index < -0.39 is 15.9 Å². The number of nitrogens with zero attached hydrogens (tertiary/aromatic N) is 2. The van der Waals surface area contributed by atoms with Crippen molar-refractivity contribution in [2.75, 3.05) is 20.3 Å². The number of hydrogen-bond acceptors (Lipinski definition) is 7. The van der Waals surface area contributed by atoms with E-state index in [2.05, 4.69) is 4.40 Å². The van der Waals surface area contributed by atoms with Crippen molar-refractivity contribution in [2.45, 2.75) is 11.3 Å². The van der Waals surface area contributed by atoms with Crippen molar-refractivity contribution in [3.8, 4) is 11.5 Å². The molecule has 10 heteroatoms. The van der Waals surface area contributed by atoms with Gasteiger partial charge >= 0.3 is 0 Å². The van der Waals surface area contributed by atoms with E-state index in [9.17, 15) is 23.4 Å². The molecule has 2 N–H and O–H groups in total. The number of thioether (sulfide) groups is 1. The molecular weight excluding hydrogens is 428 g/mol. The van der Waals surface area contributed by atoms with E-state index in [1.165, 1.54) is 42.4 Å². The van der Waals surface area contributed by atoms with Crippen LogP contribution in [0.3, 0.4) is 0 Å². The second kappa shape index (κ2) is 9.33. The summed E-state index contributed by atoms with van der Waals surface area (Å²) in [6, 6.07) is 11.7. The number of carbonyl (C=O) groups is 1. The largest absolute Gasteiger partial charge is 0.508 e. The van der Waals surface area contributed by atoms with Gasteiger partial charge < -0.3 is 14.9 Å². The third-order valence-corrected chi connectivity index (χ3v) is 6.56. The number of amides is 1. The highest BCUT2D eigenvalue weighted by Crippen LogP contribution is 2.35. The Hall–Kier alpha value is -2.82. The lowest BCUT2D eigenvalue weighted by atomic mass is 10.1. The van der Waals surface area contributed by atoms with E-state index >= 15 is 0 Å². The van der Waals surface area contributed by atoms with Crippen molar-refractivity contribution in [1.82, 2.24) is 4.90 Å². The van der Waals surface area contributed by atoms with Crippen LogP contribution >= 0.6 is 11.8 Å². The van der Waals surface area contributed by atoms with E-state index in [1.807, 2.05) is 0 Å². The number of aromatic hydroxyl groups is 2. The van der Waals surface area contributed by atoms with Gasteiger partial charge in [0.15, 0.2) is 5.17 Å². The van der Waals surface area contributed by atoms with Gasteiger partial charge in [0.05, 0.1) is 9.80 Å². The van der Waals surface area contributed by atoms with Crippen LogP contribution in [0.5, 0.6) is 11.5 Å². The topological polar surface area (TPSA) is 116 Å². The molecule has 2 aromatic carbocycles. The van der Waals surface area contributed by atoms with Crippen LogP contribution in [-0.4, -0.2) is 54.9 Å². The van der Waals surface area contributed by atoms with Crippen molar-refractivity contribution < 1.29 is 28.2 Å². The van der Waals surface area contributed by atoms with Crippen molar-refractivity contribution >= 4 is 38.9 Å². The first-order chi connectivity index (χ1) is 14.3. The van der Waals surface area contributed by atoms with E-state index in [0.717, 1.165) is 17.8 Å². The quantitative estimate of drug-likeness (QED) is 0.494. The summed E-state index contributed by atoms with van der Waals surface area (Å²) < 4.78 is 34.3. The molecule has 1 saturated heterocycles. The molecule has 1 fully saturated rings. The molecule has 0 unspecified atom stereocenters. The van der Waals surface area contributed by atoms with Crippen LogP contribution in [0.4, 0.5) is 0 Å². The monoisotopic (exact) mass is 448 g/mol. The zero-order valence-electron chi connectivity index (χ0n) is 16.1. The lowest BCUT2D eigenvalue weighted by Gasteiger charge is -2.15. The molecule has 1 aliphatic heterocycles. The smallest absolute Gasteiger partial charge is 0.284 e. The van der Waals surface area contributed by atoms with E-state index in [4.69, 9.17) is 4.74 Å². The summed E-state index contributed by atoms with van der Waals surface area (Å²) in [5, 5.41) is 19.5. The van der Waals surface area contributed by atoms with Crippen LogP contribution in [0, 0.1) is 0 Å². The van der Waals surface area contributed by atoms with Gasteiger partial charge in [-0.3, -0.25) is 9.69 Å². The highest BCUT2D eigenvalue weighted by Gasteiger charge is 2.35. The van der Waals surface area contributed by atoms with Crippen LogP contribution in [0.25, 0.3) is 6.08 Å². The predicted molar refractivity (Wildman–Crippen MR) is 115 cm³/mol. The fourth-order valence-electron chi connectivity index (χ4n) is 2.68. The first-order valence-electron chi connectivity index (χ1n) is 8.94. The van der Waals surface area contributed by atoms with Gasteiger partial charge in [-0.1, -0.05) is 18.2 Å². The summed E-state index contributed by atoms with van der Waals surface area (Å²) in [5.74, 6) is -0.743. The molecule has 0 bridgehead atoms. The molecule has 0 radical (unpaired) electrons. The second-order valence-electron chi connectivity index (χ2n) is 6.32. The minimum Gasteiger partial charge on any atom is -0.508 e. The number of rotatable bonds is 7. The summed E-state index contributed by atoms with van der Waals surface area (Å²) in [6.45, 7) is 0.618. The Morgan fingerprint density at radius 1 is 1.17 bits per heavy atom. The van der Waals surface area contributed by atoms with Crippen LogP contribution in [0.15, 0.2) is 62.7 Å². The molecule has 2 aromatic rings. The second-order valence-corrected chi connectivity index (χ2v) is 8.93. The SMILES string of the molecule is COCCCN1C(=O)/C(=C\c2ccc(O)cc2O)S/C1=N\S(=O)(=O)c1ccccc1. The third-order valence-electron chi connectivity index (χ3n) is 4.16. The van der Waals surface area contributed by atoms with Gasteiger partial charge in [0.25, 0.3) is 15.9 Å².